The van der Waals surface area contributed by atoms with Gasteiger partial charge in [0.1, 0.15) is 5.82 Å². The Morgan fingerprint density at radius 1 is 1.67 bits per heavy atom. The van der Waals surface area contributed by atoms with Crippen LogP contribution in [0.1, 0.15) is 24.9 Å². The van der Waals surface area contributed by atoms with Gasteiger partial charge in [0.2, 0.25) is 0 Å². The Hall–Kier alpha value is -0.870. The predicted molar refractivity (Wildman–Crippen MR) is 58.6 cm³/mol. The molecule has 84 valence electrons. The van der Waals surface area contributed by atoms with Crippen LogP contribution >= 0.6 is 0 Å². The van der Waals surface area contributed by atoms with Crippen LogP contribution in [0.15, 0.2) is 6.20 Å². The molecular formula is C11H19N3O. The lowest BCUT2D eigenvalue weighted by atomic mass is 10.1. The highest BCUT2D eigenvalue weighted by Crippen LogP contribution is 2.16. The molecule has 2 N–H and O–H groups in total. The summed E-state index contributed by atoms with van der Waals surface area (Å²) < 4.78 is 5.35. The van der Waals surface area contributed by atoms with Gasteiger partial charge in [-0.2, -0.15) is 0 Å². The van der Waals surface area contributed by atoms with Crippen molar-refractivity contribution in [3.8, 4) is 0 Å². The monoisotopic (exact) mass is 209 g/mol. The van der Waals surface area contributed by atoms with Gasteiger partial charge in [0, 0.05) is 38.1 Å². The van der Waals surface area contributed by atoms with Gasteiger partial charge < -0.3 is 15.0 Å². The topological polar surface area (TPSA) is 49.9 Å². The fourth-order valence-corrected chi connectivity index (χ4v) is 1.88. The molecule has 1 saturated heterocycles. The molecule has 1 atom stereocenters. The third-order valence-corrected chi connectivity index (χ3v) is 2.75. The molecule has 2 heterocycles. The van der Waals surface area contributed by atoms with E-state index in [1.54, 1.807) is 0 Å². The molecule has 1 unspecified atom stereocenters. The van der Waals surface area contributed by atoms with Gasteiger partial charge in [0.15, 0.2) is 0 Å². The van der Waals surface area contributed by atoms with Crippen molar-refractivity contribution < 1.29 is 4.74 Å². The summed E-state index contributed by atoms with van der Waals surface area (Å²) >= 11 is 0. The summed E-state index contributed by atoms with van der Waals surface area (Å²) in [5.41, 5.74) is 1.17. The fourth-order valence-electron chi connectivity index (χ4n) is 1.88. The molecule has 15 heavy (non-hydrogen) atoms. The molecule has 2 rings (SSSR count). The molecule has 1 aliphatic heterocycles. The highest BCUT2D eigenvalue weighted by atomic mass is 16.5. The van der Waals surface area contributed by atoms with Crippen LogP contribution in [0.2, 0.25) is 0 Å². The molecule has 0 amide bonds. The van der Waals surface area contributed by atoms with Crippen LogP contribution in [0, 0.1) is 5.92 Å². The van der Waals surface area contributed by atoms with E-state index in [9.17, 15) is 0 Å². The Morgan fingerprint density at radius 2 is 2.60 bits per heavy atom. The van der Waals surface area contributed by atoms with E-state index in [0.29, 0.717) is 5.92 Å². The Bertz CT molecular complexity index is 292. The molecule has 4 heteroatoms. The third-order valence-electron chi connectivity index (χ3n) is 2.75. The first-order valence-electron chi connectivity index (χ1n) is 5.69. The van der Waals surface area contributed by atoms with Crippen molar-refractivity contribution in [2.24, 2.45) is 5.92 Å². The Labute approximate surface area is 90.4 Å². The zero-order valence-corrected chi connectivity index (χ0v) is 9.25. The maximum absolute atomic E-state index is 5.35. The number of imidazole rings is 1. The Kier molecular flexibility index (Phi) is 3.75. The number of aromatic amines is 1. The number of aromatic nitrogens is 2. The predicted octanol–water partition coefficient (Wildman–Crippen LogP) is 1.10. The van der Waals surface area contributed by atoms with Crippen LogP contribution in [0.25, 0.3) is 0 Å². The van der Waals surface area contributed by atoms with Crippen molar-refractivity contribution in [1.82, 2.24) is 15.3 Å². The van der Waals surface area contributed by atoms with Crippen LogP contribution in [0.4, 0.5) is 0 Å². The molecule has 1 aromatic heterocycles. The number of hydrogen-bond acceptors (Lipinski definition) is 3. The van der Waals surface area contributed by atoms with Gasteiger partial charge in [-0.1, -0.05) is 6.92 Å². The van der Waals surface area contributed by atoms with Crippen molar-refractivity contribution in [2.75, 3.05) is 19.8 Å². The average molecular weight is 209 g/mol. The SMILES string of the molecule is CCNCc1cnc(CC2CCOC2)[nH]1. The van der Waals surface area contributed by atoms with Crippen molar-refractivity contribution in [3.63, 3.8) is 0 Å². The number of hydrogen-bond donors (Lipinski definition) is 2. The molecule has 4 nitrogen and oxygen atoms in total. The summed E-state index contributed by atoms with van der Waals surface area (Å²) in [6.07, 6.45) is 4.11. The van der Waals surface area contributed by atoms with Gasteiger partial charge >= 0.3 is 0 Å². The molecule has 0 aliphatic carbocycles. The van der Waals surface area contributed by atoms with Gasteiger partial charge in [-0.05, 0) is 18.9 Å². The number of nitrogens with one attached hydrogen (secondary N) is 2. The zero-order chi connectivity index (χ0) is 10.5. The normalized spacial score (nSPS) is 21.0. The Morgan fingerprint density at radius 3 is 3.33 bits per heavy atom. The second-order valence-electron chi connectivity index (χ2n) is 4.07. The van der Waals surface area contributed by atoms with E-state index in [2.05, 4.69) is 22.2 Å². The van der Waals surface area contributed by atoms with Crippen molar-refractivity contribution in [2.45, 2.75) is 26.3 Å². The minimum absolute atomic E-state index is 0.656. The van der Waals surface area contributed by atoms with E-state index in [4.69, 9.17) is 4.74 Å². The highest BCUT2D eigenvalue weighted by molar-refractivity contribution is 5.02. The van der Waals surface area contributed by atoms with Crippen LogP contribution < -0.4 is 5.32 Å². The third kappa shape index (κ3) is 3.04. The van der Waals surface area contributed by atoms with Gasteiger partial charge in [-0.3, -0.25) is 0 Å². The van der Waals surface area contributed by atoms with E-state index in [1.807, 2.05) is 6.20 Å². The molecule has 0 bridgehead atoms. The summed E-state index contributed by atoms with van der Waals surface area (Å²) in [5, 5.41) is 3.28. The number of nitrogens with zero attached hydrogens (tertiary/aromatic N) is 1. The summed E-state index contributed by atoms with van der Waals surface area (Å²) in [5.74, 6) is 1.75. The highest BCUT2D eigenvalue weighted by Gasteiger charge is 2.17. The zero-order valence-electron chi connectivity index (χ0n) is 9.25. The van der Waals surface area contributed by atoms with E-state index in [0.717, 1.165) is 38.5 Å². The van der Waals surface area contributed by atoms with Crippen molar-refractivity contribution >= 4 is 0 Å². The molecule has 0 spiro atoms. The molecule has 1 fully saturated rings. The molecule has 0 saturated carbocycles. The Balaban J connectivity index is 1.83. The van der Waals surface area contributed by atoms with Gasteiger partial charge in [0.25, 0.3) is 0 Å². The lowest BCUT2D eigenvalue weighted by Gasteiger charge is -2.03. The van der Waals surface area contributed by atoms with Crippen LogP contribution in [-0.4, -0.2) is 29.7 Å². The maximum atomic E-state index is 5.35. The first-order valence-corrected chi connectivity index (χ1v) is 5.69. The second-order valence-corrected chi connectivity index (χ2v) is 4.07. The molecule has 1 aliphatic rings. The minimum atomic E-state index is 0.656. The van der Waals surface area contributed by atoms with E-state index < -0.39 is 0 Å². The summed E-state index contributed by atoms with van der Waals surface area (Å²) in [6.45, 7) is 5.78. The van der Waals surface area contributed by atoms with E-state index in [1.165, 1.54) is 12.1 Å². The van der Waals surface area contributed by atoms with Gasteiger partial charge in [0.05, 0.1) is 0 Å². The van der Waals surface area contributed by atoms with Gasteiger partial charge in [-0.25, -0.2) is 4.98 Å². The lowest BCUT2D eigenvalue weighted by molar-refractivity contribution is 0.185. The summed E-state index contributed by atoms with van der Waals surface area (Å²) in [7, 11) is 0. The largest absolute Gasteiger partial charge is 0.381 e. The number of rotatable bonds is 5. The van der Waals surface area contributed by atoms with E-state index in [-0.39, 0.29) is 0 Å². The quantitative estimate of drug-likeness (QED) is 0.763. The van der Waals surface area contributed by atoms with E-state index >= 15 is 0 Å². The molecule has 0 radical (unpaired) electrons. The van der Waals surface area contributed by atoms with Gasteiger partial charge in [-0.15, -0.1) is 0 Å². The second kappa shape index (κ2) is 5.28. The smallest absolute Gasteiger partial charge is 0.106 e. The van der Waals surface area contributed by atoms with Crippen LogP contribution in [0.5, 0.6) is 0 Å². The van der Waals surface area contributed by atoms with Crippen LogP contribution in [0.3, 0.4) is 0 Å². The van der Waals surface area contributed by atoms with Crippen molar-refractivity contribution in [1.29, 1.82) is 0 Å². The fraction of sp³-hybridized carbons (Fsp3) is 0.727. The summed E-state index contributed by atoms with van der Waals surface area (Å²) in [4.78, 5) is 7.73. The minimum Gasteiger partial charge on any atom is -0.381 e. The number of ether oxygens (including phenoxy) is 1. The molecule has 1 aromatic rings. The summed E-state index contributed by atoms with van der Waals surface area (Å²) in [6, 6.07) is 0. The van der Waals surface area contributed by atoms with Crippen LogP contribution in [-0.2, 0) is 17.7 Å². The van der Waals surface area contributed by atoms with Crippen molar-refractivity contribution in [3.05, 3.63) is 17.7 Å². The average Bonchev–Trinajstić information content (AvgIpc) is 2.87. The number of H-pyrrole nitrogens is 1. The molecule has 0 aromatic carbocycles. The lowest BCUT2D eigenvalue weighted by Crippen LogP contribution is -2.12. The maximum Gasteiger partial charge on any atom is 0.106 e. The first-order chi connectivity index (χ1) is 7.38. The standard InChI is InChI=1S/C11H19N3O/c1-2-12-6-10-7-13-11(14-10)5-9-3-4-15-8-9/h7,9,12H,2-6,8H2,1H3,(H,13,14). The molecular weight excluding hydrogens is 190 g/mol. The first kappa shape index (κ1) is 10.6.